The molecule has 4 nitrogen and oxygen atoms in total. The Balaban J connectivity index is 2.68. The molecular formula is C15H26N4. The Morgan fingerprint density at radius 3 is 2.32 bits per heavy atom. The highest BCUT2D eigenvalue weighted by Crippen LogP contribution is 2.23. The molecule has 0 aromatic heterocycles. The summed E-state index contributed by atoms with van der Waals surface area (Å²) >= 11 is 0. The first-order valence-electron chi connectivity index (χ1n) is 6.86. The van der Waals surface area contributed by atoms with E-state index in [0.29, 0.717) is 5.96 Å². The summed E-state index contributed by atoms with van der Waals surface area (Å²) in [6.45, 7) is 9.53. The lowest BCUT2D eigenvalue weighted by molar-refractivity contribution is 0.590. The van der Waals surface area contributed by atoms with Gasteiger partial charge in [-0.1, -0.05) is 46.2 Å². The van der Waals surface area contributed by atoms with E-state index in [1.807, 2.05) is 12.1 Å². The van der Waals surface area contributed by atoms with Crippen LogP contribution in [0.1, 0.15) is 46.1 Å². The lowest BCUT2D eigenvalue weighted by atomic mass is 9.87. The molecule has 0 unspecified atom stereocenters. The highest BCUT2D eigenvalue weighted by Gasteiger charge is 2.12. The van der Waals surface area contributed by atoms with Crippen LogP contribution < -0.4 is 16.6 Å². The Morgan fingerprint density at radius 2 is 1.84 bits per heavy atom. The molecule has 0 bridgehead atoms. The van der Waals surface area contributed by atoms with Crippen molar-refractivity contribution in [3.05, 3.63) is 29.8 Å². The Labute approximate surface area is 116 Å². The third-order valence-corrected chi connectivity index (χ3v) is 2.93. The second kappa shape index (κ2) is 7.14. The van der Waals surface area contributed by atoms with E-state index in [1.54, 1.807) is 0 Å². The molecule has 0 spiro atoms. The zero-order chi connectivity index (χ0) is 14.3. The fourth-order valence-electron chi connectivity index (χ4n) is 1.66. The van der Waals surface area contributed by atoms with E-state index in [0.717, 1.165) is 25.1 Å². The first-order valence-corrected chi connectivity index (χ1v) is 6.86. The SMILES string of the molecule is CCCCN=C(NN)Nc1ccc(C(C)(C)C)cc1. The second-order valence-corrected chi connectivity index (χ2v) is 5.68. The molecular weight excluding hydrogens is 236 g/mol. The van der Waals surface area contributed by atoms with Gasteiger partial charge in [-0.3, -0.25) is 10.4 Å². The fraction of sp³-hybridized carbons (Fsp3) is 0.533. The number of anilines is 1. The summed E-state index contributed by atoms with van der Waals surface area (Å²) in [7, 11) is 0. The third kappa shape index (κ3) is 5.30. The van der Waals surface area contributed by atoms with E-state index in [4.69, 9.17) is 5.84 Å². The number of hydrogen-bond donors (Lipinski definition) is 3. The molecule has 1 rings (SSSR count). The zero-order valence-corrected chi connectivity index (χ0v) is 12.5. The molecule has 0 aliphatic rings. The Kier molecular flexibility index (Phi) is 5.83. The molecule has 0 saturated carbocycles. The maximum Gasteiger partial charge on any atom is 0.210 e. The summed E-state index contributed by atoms with van der Waals surface area (Å²) in [4.78, 5) is 4.37. The van der Waals surface area contributed by atoms with Crippen LogP contribution in [0.15, 0.2) is 29.3 Å². The van der Waals surface area contributed by atoms with Gasteiger partial charge in [0.15, 0.2) is 0 Å². The van der Waals surface area contributed by atoms with Crippen LogP contribution in [0.25, 0.3) is 0 Å². The molecule has 106 valence electrons. The number of nitrogens with zero attached hydrogens (tertiary/aromatic N) is 1. The van der Waals surface area contributed by atoms with Gasteiger partial charge in [-0.25, -0.2) is 5.84 Å². The van der Waals surface area contributed by atoms with Gasteiger partial charge in [0.1, 0.15) is 0 Å². The van der Waals surface area contributed by atoms with Crippen LogP contribution in [0.3, 0.4) is 0 Å². The molecule has 19 heavy (non-hydrogen) atoms. The van der Waals surface area contributed by atoms with Crippen LogP contribution in [0.5, 0.6) is 0 Å². The number of aliphatic imine (C=N–C) groups is 1. The summed E-state index contributed by atoms with van der Waals surface area (Å²) in [5.41, 5.74) is 5.06. The first kappa shape index (κ1) is 15.5. The molecule has 0 saturated heterocycles. The highest BCUT2D eigenvalue weighted by atomic mass is 15.3. The van der Waals surface area contributed by atoms with Crippen molar-refractivity contribution in [1.82, 2.24) is 5.43 Å². The summed E-state index contributed by atoms with van der Waals surface area (Å²) in [5, 5.41) is 3.18. The van der Waals surface area contributed by atoms with Gasteiger partial charge >= 0.3 is 0 Å². The minimum absolute atomic E-state index is 0.169. The molecule has 0 atom stereocenters. The number of guanidine groups is 1. The van der Waals surface area contributed by atoms with Crippen molar-refractivity contribution in [3.63, 3.8) is 0 Å². The molecule has 4 heteroatoms. The van der Waals surface area contributed by atoms with E-state index in [9.17, 15) is 0 Å². The fourth-order valence-corrected chi connectivity index (χ4v) is 1.66. The molecule has 1 aromatic carbocycles. The largest absolute Gasteiger partial charge is 0.325 e. The number of hydrazine groups is 1. The van der Waals surface area contributed by atoms with Crippen molar-refractivity contribution in [1.29, 1.82) is 0 Å². The molecule has 0 aliphatic heterocycles. The number of hydrogen-bond acceptors (Lipinski definition) is 2. The molecule has 0 fully saturated rings. The second-order valence-electron chi connectivity index (χ2n) is 5.68. The van der Waals surface area contributed by atoms with Gasteiger partial charge in [0.05, 0.1) is 0 Å². The van der Waals surface area contributed by atoms with Crippen LogP contribution in [-0.4, -0.2) is 12.5 Å². The maximum absolute atomic E-state index is 5.46. The minimum atomic E-state index is 0.169. The molecule has 0 radical (unpaired) electrons. The normalized spacial score (nSPS) is 12.4. The topological polar surface area (TPSA) is 62.4 Å². The smallest absolute Gasteiger partial charge is 0.210 e. The Bertz CT molecular complexity index is 401. The summed E-state index contributed by atoms with van der Waals surface area (Å²) < 4.78 is 0. The summed E-state index contributed by atoms with van der Waals surface area (Å²) in [6.07, 6.45) is 2.19. The summed E-state index contributed by atoms with van der Waals surface area (Å²) in [6, 6.07) is 8.35. The van der Waals surface area contributed by atoms with E-state index in [2.05, 4.69) is 55.6 Å². The van der Waals surface area contributed by atoms with Crippen molar-refractivity contribution in [2.45, 2.75) is 46.0 Å². The molecule has 4 N–H and O–H groups in total. The number of benzene rings is 1. The van der Waals surface area contributed by atoms with Crippen LogP contribution in [-0.2, 0) is 5.41 Å². The van der Waals surface area contributed by atoms with Gasteiger partial charge < -0.3 is 5.32 Å². The molecule has 0 heterocycles. The number of unbranched alkanes of at least 4 members (excludes halogenated alkanes) is 1. The van der Waals surface area contributed by atoms with Crippen molar-refractivity contribution < 1.29 is 0 Å². The van der Waals surface area contributed by atoms with E-state index in [-0.39, 0.29) is 5.41 Å². The van der Waals surface area contributed by atoms with Gasteiger partial charge in [-0.15, -0.1) is 0 Å². The van der Waals surface area contributed by atoms with Crippen LogP contribution in [0.2, 0.25) is 0 Å². The van der Waals surface area contributed by atoms with Crippen LogP contribution in [0.4, 0.5) is 5.69 Å². The van der Waals surface area contributed by atoms with Gasteiger partial charge in [0.2, 0.25) is 5.96 Å². The first-order chi connectivity index (χ1) is 8.97. The van der Waals surface area contributed by atoms with Crippen molar-refractivity contribution in [2.75, 3.05) is 11.9 Å². The van der Waals surface area contributed by atoms with Gasteiger partial charge in [0, 0.05) is 12.2 Å². The van der Waals surface area contributed by atoms with Gasteiger partial charge in [-0.2, -0.15) is 0 Å². The van der Waals surface area contributed by atoms with Crippen molar-refractivity contribution in [3.8, 4) is 0 Å². The number of rotatable bonds is 4. The van der Waals surface area contributed by atoms with Gasteiger partial charge in [-0.05, 0) is 29.5 Å². The lowest BCUT2D eigenvalue weighted by Gasteiger charge is -2.19. The van der Waals surface area contributed by atoms with Crippen molar-refractivity contribution in [2.24, 2.45) is 10.8 Å². The number of nitrogens with one attached hydrogen (secondary N) is 2. The third-order valence-electron chi connectivity index (χ3n) is 2.93. The van der Waals surface area contributed by atoms with Gasteiger partial charge in [0.25, 0.3) is 0 Å². The van der Waals surface area contributed by atoms with Crippen LogP contribution >= 0.6 is 0 Å². The van der Waals surface area contributed by atoms with Crippen molar-refractivity contribution >= 4 is 11.6 Å². The lowest BCUT2D eigenvalue weighted by Crippen LogP contribution is -2.36. The number of nitrogens with two attached hydrogens (primary N) is 1. The Hall–Kier alpha value is -1.55. The zero-order valence-electron chi connectivity index (χ0n) is 12.5. The predicted octanol–water partition coefficient (Wildman–Crippen LogP) is 3.02. The van der Waals surface area contributed by atoms with Crippen LogP contribution in [0, 0.1) is 0 Å². The molecule has 0 aliphatic carbocycles. The highest BCUT2D eigenvalue weighted by molar-refractivity contribution is 5.93. The van der Waals surface area contributed by atoms with E-state index in [1.165, 1.54) is 5.56 Å². The summed E-state index contributed by atoms with van der Waals surface area (Å²) in [5.74, 6) is 6.07. The monoisotopic (exact) mass is 262 g/mol. The maximum atomic E-state index is 5.46. The minimum Gasteiger partial charge on any atom is -0.325 e. The molecule has 1 aromatic rings. The Morgan fingerprint density at radius 1 is 1.21 bits per heavy atom. The average Bonchev–Trinajstić information content (AvgIpc) is 2.37. The van der Waals surface area contributed by atoms with E-state index < -0.39 is 0 Å². The quantitative estimate of drug-likeness (QED) is 0.257. The predicted molar refractivity (Wildman–Crippen MR) is 83.3 cm³/mol. The average molecular weight is 262 g/mol. The van der Waals surface area contributed by atoms with E-state index >= 15 is 0 Å². The standard InChI is InChI=1S/C15H26N4/c1-5-6-11-17-14(19-16)18-13-9-7-12(8-10-13)15(2,3)4/h7-10H,5-6,11,16H2,1-4H3,(H2,17,18,19). The molecule has 0 amide bonds.